The Balaban J connectivity index is 1.32. The number of aliphatic hydroxyl groups excluding tert-OH is 1. The molecule has 1 aliphatic heterocycles. The number of thiazole rings is 1. The minimum Gasteiger partial charge on any atom is -0.392 e. The maximum Gasteiger partial charge on any atom is 0.225 e. The molecule has 2 aliphatic carbocycles. The van der Waals surface area contributed by atoms with Gasteiger partial charge in [0, 0.05) is 47.9 Å². The Hall–Kier alpha value is -1.57. The van der Waals surface area contributed by atoms with E-state index in [9.17, 15) is 9.90 Å². The van der Waals surface area contributed by atoms with E-state index >= 15 is 0 Å². The van der Waals surface area contributed by atoms with Crippen molar-refractivity contribution in [2.24, 2.45) is 23.2 Å². The van der Waals surface area contributed by atoms with Gasteiger partial charge >= 0.3 is 0 Å². The number of fused-ring (bicyclic) bond motifs is 2. The van der Waals surface area contributed by atoms with Crippen molar-refractivity contribution in [3.05, 3.63) is 46.5 Å². The van der Waals surface area contributed by atoms with Gasteiger partial charge in [0.2, 0.25) is 5.91 Å². The van der Waals surface area contributed by atoms with Crippen LogP contribution in [0.1, 0.15) is 55.7 Å². The minimum absolute atomic E-state index is 0.0264. The fourth-order valence-corrected chi connectivity index (χ4v) is 8.81. The number of anilines is 1. The fourth-order valence-electron chi connectivity index (χ4n) is 6.65. The van der Waals surface area contributed by atoms with Crippen molar-refractivity contribution in [3.63, 3.8) is 0 Å². The number of aliphatic hydroxyl groups is 1. The number of carbonyl (C=O) groups excluding carboxylic acids is 1. The normalized spacial score (nSPS) is 31.9. The molecule has 1 aromatic heterocycles. The molecule has 1 saturated heterocycles. The number of thioether (sulfide) groups is 1. The van der Waals surface area contributed by atoms with Crippen LogP contribution in [0.5, 0.6) is 0 Å². The summed E-state index contributed by atoms with van der Waals surface area (Å²) >= 11 is 3.70. The topological polar surface area (TPSA) is 65.5 Å². The number of amides is 1. The van der Waals surface area contributed by atoms with Crippen LogP contribution >= 0.6 is 23.1 Å². The van der Waals surface area contributed by atoms with Crippen molar-refractivity contribution in [1.29, 1.82) is 0 Å². The summed E-state index contributed by atoms with van der Waals surface area (Å²) in [6.07, 6.45) is 2.48. The summed E-state index contributed by atoms with van der Waals surface area (Å²) in [5.41, 5.74) is 2.44. The number of hydrogen-bond acceptors (Lipinski definition) is 6. The van der Waals surface area contributed by atoms with Crippen LogP contribution in [0.25, 0.3) is 0 Å². The average molecular weight is 500 g/mol. The molecular formula is C27H37N3O2S2. The van der Waals surface area contributed by atoms with Crippen LogP contribution in [0.3, 0.4) is 0 Å². The Kier molecular flexibility index (Phi) is 6.97. The number of rotatable bonds is 5. The second kappa shape index (κ2) is 9.82. The molecule has 5 nitrogen and oxygen atoms in total. The summed E-state index contributed by atoms with van der Waals surface area (Å²) in [6, 6.07) is 10.4. The van der Waals surface area contributed by atoms with Crippen LogP contribution in [0, 0.1) is 23.2 Å². The largest absolute Gasteiger partial charge is 0.392 e. The van der Waals surface area contributed by atoms with E-state index in [1.54, 1.807) is 11.3 Å². The zero-order chi connectivity index (χ0) is 23.9. The van der Waals surface area contributed by atoms with Crippen molar-refractivity contribution < 1.29 is 9.90 Å². The van der Waals surface area contributed by atoms with Crippen molar-refractivity contribution >= 4 is 34.1 Å². The third-order valence-corrected chi connectivity index (χ3v) is 10.5. The van der Waals surface area contributed by atoms with Gasteiger partial charge in [0.05, 0.1) is 11.8 Å². The Bertz CT molecular complexity index is 1010. The molecule has 2 fully saturated rings. The van der Waals surface area contributed by atoms with Gasteiger partial charge < -0.3 is 15.3 Å². The van der Waals surface area contributed by atoms with Gasteiger partial charge in [-0.1, -0.05) is 51.1 Å². The number of carbonyl (C=O) groups is 1. The van der Waals surface area contributed by atoms with Gasteiger partial charge in [-0.25, -0.2) is 4.98 Å². The highest BCUT2D eigenvalue weighted by molar-refractivity contribution is 7.99. The SMILES string of the molecule is C[C@H](C(=O)N1CCSCC1)[C@@H]1CC[C@]2(C)Cc3sc(NCc4ccccc4)nc3[C@H](C)[C@@H]2[C@H]1O. The minimum atomic E-state index is -0.470. The molecule has 2 N–H and O–H groups in total. The highest BCUT2D eigenvalue weighted by Crippen LogP contribution is 2.57. The highest BCUT2D eigenvalue weighted by atomic mass is 32.2. The van der Waals surface area contributed by atoms with Crippen LogP contribution in [0.2, 0.25) is 0 Å². The van der Waals surface area contributed by atoms with E-state index in [2.05, 4.69) is 43.4 Å². The summed E-state index contributed by atoms with van der Waals surface area (Å²) in [5, 5.41) is 16.2. The number of nitrogens with one attached hydrogen (secondary N) is 1. The summed E-state index contributed by atoms with van der Waals surface area (Å²) in [6.45, 7) is 9.09. The third-order valence-electron chi connectivity index (χ3n) is 8.56. The van der Waals surface area contributed by atoms with Crippen LogP contribution < -0.4 is 5.32 Å². The van der Waals surface area contributed by atoms with Crippen LogP contribution in [-0.2, 0) is 17.8 Å². The lowest BCUT2D eigenvalue weighted by molar-refractivity contribution is -0.144. The number of hydrogen-bond donors (Lipinski definition) is 2. The number of nitrogens with zero attached hydrogens (tertiary/aromatic N) is 2. The summed E-state index contributed by atoms with van der Waals surface area (Å²) in [5.74, 6) is 2.50. The molecule has 6 atom stereocenters. The fraction of sp³-hybridized carbons (Fsp3) is 0.630. The van der Waals surface area contributed by atoms with Crippen molar-refractivity contribution in [2.45, 2.75) is 58.6 Å². The predicted molar refractivity (Wildman–Crippen MR) is 141 cm³/mol. The zero-order valence-electron chi connectivity index (χ0n) is 20.5. The van der Waals surface area contributed by atoms with E-state index in [0.29, 0.717) is 0 Å². The van der Waals surface area contributed by atoms with Crippen LogP contribution in [0.15, 0.2) is 30.3 Å². The molecule has 7 heteroatoms. The molecule has 2 heterocycles. The van der Waals surface area contributed by atoms with E-state index in [4.69, 9.17) is 4.98 Å². The Morgan fingerprint density at radius 3 is 2.76 bits per heavy atom. The maximum atomic E-state index is 13.2. The Morgan fingerprint density at radius 1 is 1.29 bits per heavy atom. The Labute approximate surface area is 211 Å². The van der Waals surface area contributed by atoms with Gasteiger partial charge in [-0.3, -0.25) is 4.79 Å². The third kappa shape index (κ3) is 4.51. The molecular weight excluding hydrogens is 462 g/mol. The standard InChI is InChI=1S/C27H37N3O2S2/c1-17(25(32)30-11-13-33-14-12-30)20-9-10-27(3)15-21-23(18(2)22(27)24(20)31)29-26(34-21)28-16-19-7-5-4-6-8-19/h4-8,17-18,20,22,24,31H,9-16H2,1-3H3,(H,28,29)/t17-,18+,20-,22+,24-,27+/m0/s1. The second-order valence-electron chi connectivity index (χ2n) is 10.7. The first kappa shape index (κ1) is 24.1. The molecule has 5 rings (SSSR count). The van der Waals surface area contributed by atoms with Crippen molar-refractivity contribution in [1.82, 2.24) is 9.88 Å². The number of benzene rings is 1. The first-order chi connectivity index (χ1) is 16.4. The first-order valence-electron chi connectivity index (χ1n) is 12.7. The van der Waals surface area contributed by atoms with Gasteiger partial charge in [0.25, 0.3) is 0 Å². The van der Waals surface area contributed by atoms with Crippen LogP contribution in [-0.4, -0.2) is 51.6 Å². The molecule has 3 aliphatic rings. The van der Waals surface area contributed by atoms with Gasteiger partial charge in [-0.15, -0.1) is 11.3 Å². The molecule has 34 heavy (non-hydrogen) atoms. The van der Waals surface area contributed by atoms with E-state index < -0.39 is 6.10 Å². The lowest BCUT2D eigenvalue weighted by atomic mass is 9.53. The quantitative estimate of drug-likeness (QED) is 0.605. The zero-order valence-corrected chi connectivity index (χ0v) is 22.1. The van der Waals surface area contributed by atoms with Gasteiger partial charge in [-0.05, 0) is 42.1 Å². The summed E-state index contributed by atoms with van der Waals surface area (Å²) < 4.78 is 0. The van der Waals surface area contributed by atoms with Gasteiger partial charge in [-0.2, -0.15) is 11.8 Å². The molecule has 1 aromatic carbocycles. The Morgan fingerprint density at radius 2 is 2.03 bits per heavy atom. The lowest BCUT2D eigenvalue weighted by Crippen LogP contribution is -2.54. The highest BCUT2D eigenvalue weighted by Gasteiger charge is 2.54. The van der Waals surface area contributed by atoms with E-state index in [1.807, 2.05) is 29.7 Å². The summed E-state index contributed by atoms with van der Waals surface area (Å²) in [7, 11) is 0. The summed E-state index contributed by atoms with van der Waals surface area (Å²) in [4.78, 5) is 21.6. The molecule has 184 valence electrons. The van der Waals surface area contributed by atoms with E-state index in [-0.39, 0.29) is 35.0 Å². The van der Waals surface area contributed by atoms with Crippen LogP contribution in [0.4, 0.5) is 5.13 Å². The maximum absolute atomic E-state index is 13.2. The second-order valence-corrected chi connectivity index (χ2v) is 13.0. The molecule has 2 aromatic rings. The smallest absolute Gasteiger partial charge is 0.225 e. The molecule has 0 spiro atoms. The lowest BCUT2D eigenvalue weighted by Gasteiger charge is -2.53. The first-order valence-corrected chi connectivity index (χ1v) is 14.7. The van der Waals surface area contributed by atoms with Gasteiger partial charge in [0.15, 0.2) is 5.13 Å². The average Bonchev–Trinajstić information content (AvgIpc) is 3.26. The van der Waals surface area contributed by atoms with Crippen molar-refractivity contribution in [2.75, 3.05) is 29.9 Å². The van der Waals surface area contributed by atoms with Crippen molar-refractivity contribution in [3.8, 4) is 0 Å². The molecule has 0 unspecified atom stereocenters. The molecule has 1 saturated carbocycles. The molecule has 1 amide bonds. The van der Waals surface area contributed by atoms with E-state index in [0.717, 1.165) is 61.2 Å². The predicted octanol–water partition coefficient (Wildman–Crippen LogP) is 5.02. The van der Waals surface area contributed by atoms with E-state index in [1.165, 1.54) is 10.4 Å². The molecule has 0 radical (unpaired) electrons. The number of aromatic nitrogens is 1. The van der Waals surface area contributed by atoms with Gasteiger partial charge in [0.1, 0.15) is 0 Å². The monoisotopic (exact) mass is 499 g/mol. The molecule has 0 bridgehead atoms.